The molecule has 0 spiro atoms. The largest absolute Gasteiger partial charge is 1.00 e. The van der Waals surface area contributed by atoms with E-state index in [1.807, 2.05) is 13.0 Å². The summed E-state index contributed by atoms with van der Waals surface area (Å²) in [5.41, 5.74) is 3.47. The zero-order chi connectivity index (χ0) is 19.4. The Kier molecular flexibility index (Phi) is 7.69. The van der Waals surface area contributed by atoms with Gasteiger partial charge < -0.3 is 26.5 Å². The first-order chi connectivity index (χ1) is 13.1. The van der Waals surface area contributed by atoms with Gasteiger partial charge in [-0.05, 0) is 40.7 Å². The highest BCUT2D eigenvalue weighted by atomic mass is 35.5. The SMILES string of the molecule is CCOc1cc(N(CC)CC)cc2oc3cc(=[N+](CC)CC)ccc-3nc12.[Cl-]. The number of fused-ring (bicyclic) bond motifs is 2. The predicted molar refractivity (Wildman–Crippen MR) is 112 cm³/mol. The molecule has 6 heteroatoms. The molecule has 1 aliphatic heterocycles. The van der Waals surface area contributed by atoms with Crippen molar-refractivity contribution >= 4 is 16.8 Å². The van der Waals surface area contributed by atoms with Crippen LogP contribution in [0.25, 0.3) is 22.6 Å². The molecule has 0 fully saturated rings. The number of hydrogen-bond donors (Lipinski definition) is 0. The molecule has 152 valence electrons. The number of ether oxygens (including phenoxy) is 1. The molecule has 0 atom stereocenters. The van der Waals surface area contributed by atoms with Crippen LogP contribution in [0.15, 0.2) is 34.7 Å². The van der Waals surface area contributed by atoms with Crippen LogP contribution in [0.4, 0.5) is 5.69 Å². The van der Waals surface area contributed by atoms with E-state index < -0.39 is 0 Å². The number of hydrogen-bond acceptors (Lipinski definition) is 4. The second-order valence-electron chi connectivity index (χ2n) is 6.43. The first-order valence-corrected chi connectivity index (χ1v) is 9.99. The zero-order valence-corrected chi connectivity index (χ0v) is 18.2. The van der Waals surface area contributed by atoms with E-state index in [4.69, 9.17) is 14.1 Å². The lowest BCUT2D eigenvalue weighted by atomic mass is 10.2. The molecule has 1 aliphatic carbocycles. The second-order valence-corrected chi connectivity index (χ2v) is 6.43. The van der Waals surface area contributed by atoms with Gasteiger partial charge in [0.1, 0.15) is 24.3 Å². The quantitative estimate of drug-likeness (QED) is 0.436. The number of benzene rings is 2. The Hall–Kier alpha value is -2.27. The lowest BCUT2D eigenvalue weighted by Gasteiger charge is -2.22. The van der Waals surface area contributed by atoms with E-state index >= 15 is 0 Å². The molecular weight excluding hydrogens is 374 g/mol. The molecule has 0 radical (unpaired) electrons. The van der Waals surface area contributed by atoms with Crippen molar-refractivity contribution in [1.29, 1.82) is 0 Å². The summed E-state index contributed by atoms with van der Waals surface area (Å²) in [6.45, 7) is 15.0. The summed E-state index contributed by atoms with van der Waals surface area (Å²) >= 11 is 0. The van der Waals surface area contributed by atoms with Crippen molar-refractivity contribution in [1.82, 2.24) is 9.56 Å². The van der Waals surface area contributed by atoms with Crippen molar-refractivity contribution in [3.63, 3.8) is 0 Å². The highest BCUT2D eigenvalue weighted by Gasteiger charge is 2.17. The Labute approximate surface area is 173 Å². The van der Waals surface area contributed by atoms with Gasteiger partial charge in [-0.25, -0.2) is 9.56 Å². The summed E-state index contributed by atoms with van der Waals surface area (Å²) < 4.78 is 14.5. The summed E-state index contributed by atoms with van der Waals surface area (Å²) in [6, 6.07) is 10.4. The van der Waals surface area contributed by atoms with E-state index in [-0.39, 0.29) is 12.4 Å². The maximum atomic E-state index is 6.30. The molecule has 1 heterocycles. The minimum absolute atomic E-state index is 0. The minimum Gasteiger partial charge on any atom is -1.00 e. The molecule has 5 nitrogen and oxygen atoms in total. The molecule has 3 rings (SSSR count). The fraction of sp³-hybridized carbons (Fsp3) is 0.455. The monoisotopic (exact) mass is 403 g/mol. The Bertz CT molecular complexity index is 958. The number of nitrogens with zero attached hydrogens (tertiary/aromatic N) is 3. The van der Waals surface area contributed by atoms with Crippen molar-refractivity contribution in [2.75, 3.05) is 37.7 Å². The lowest BCUT2D eigenvalue weighted by molar-refractivity contribution is -0.00000681. The molecule has 0 amide bonds. The van der Waals surface area contributed by atoms with Crippen molar-refractivity contribution in [2.24, 2.45) is 0 Å². The van der Waals surface area contributed by atoms with Crippen LogP contribution in [0, 0.1) is 0 Å². The van der Waals surface area contributed by atoms with Gasteiger partial charge in [-0.3, -0.25) is 0 Å². The highest BCUT2D eigenvalue weighted by molar-refractivity contribution is 5.86. The minimum atomic E-state index is 0. The average molecular weight is 404 g/mol. The molecule has 1 aromatic rings. The van der Waals surface area contributed by atoms with Crippen LogP contribution in [-0.4, -0.2) is 37.8 Å². The van der Waals surface area contributed by atoms with Gasteiger partial charge in [0, 0.05) is 37.0 Å². The fourth-order valence-corrected chi connectivity index (χ4v) is 3.49. The molecule has 0 bridgehead atoms. The second kappa shape index (κ2) is 9.78. The van der Waals surface area contributed by atoms with Crippen molar-refractivity contribution in [3.8, 4) is 17.2 Å². The molecule has 2 aliphatic rings. The summed E-state index contributed by atoms with van der Waals surface area (Å²) in [5, 5.41) is 1.15. The zero-order valence-electron chi connectivity index (χ0n) is 17.5. The molecule has 28 heavy (non-hydrogen) atoms. The maximum absolute atomic E-state index is 6.30. The standard InChI is InChI=1S/C22H30N3O2.ClH/c1-6-24(7-2)16-11-12-18-19(13-16)27-21-15-17(25(8-3)9-4)14-20(26-10-5)22(21)23-18;/h11-15H,6-10H2,1-5H3;1H/q+1;/p-1. The molecule has 0 aromatic heterocycles. The molecular formula is C22H30ClN3O2. The fourth-order valence-electron chi connectivity index (χ4n) is 3.49. The lowest BCUT2D eigenvalue weighted by Crippen LogP contribution is -3.00. The summed E-state index contributed by atoms with van der Waals surface area (Å²) in [7, 11) is 0. The topological polar surface area (TPSA) is 41.5 Å². The molecule has 0 unspecified atom stereocenters. The smallest absolute Gasteiger partial charge is 0.203 e. The van der Waals surface area contributed by atoms with Crippen molar-refractivity contribution < 1.29 is 21.6 Å². The third kappa shape index (κ3) is 4.25. The Balaban J connectivity index is 0.00000280. The van der Waals surface area contributed by atoms with Gasteiger partial charge in [-0.2, -0.15) is 0 Å². The molecule has 1 aromatic carbocycles. The first-order valence-electron chi connectivity index (χ1n) is 9.99. The van der Waals surface area contributed by atoms with Gasteiger partial charge in [0.2, 0.25) is 5.36 Å². The third-order valence-corrected chi connectivity index (χ3v) is 4.98. The number of halogens is 1. The molecule has 0 N–H and O–H groups in total. The Morgan fingerprint density at radius 1 is 1.00 bits per heavy atom. The van der Waals surface area contributed by atoms with E-state index in [9.17, 15) is 0 Å². The van der Waals surface area contributed by atoms with Gasteiger partial charge in [0.25, 0.3) is 0 Å². The highest BCUT2D eigenvalue weighted by Crippen LogP contribution is 2.34. The van der Waals surface area contributed by atoms with Gasteiger partial charge in [-0.15, -0.1) is 0 Å². The van der Waals surface area contributed by atoms with E-state index in [0.29, 0.717) is 6.61 Å². The normalized spacial score (nSPS) is 10.8. The molecule has 0 saturated heterocycles. The van der Waals surface area contributed by atoms with E-state index in [0.717, 1.165) is 65.5 Å². The van der Waals surface area contributed by atoms with Crippen molar-refractivity contribution in [3.05, 3.63) is 35.7 Å². The maximum Gasteiger partial charge on any atom is 0.203 e. The van der Waals surface area contributed by atoms with Crippen LogP contribution in [0.1, 0.15) is 34.6 Å². The third-order valence-electron chi connectivity index (χ3n) is 4.98. The van der Waals surface area contributed by atoms with Crippen LogP contribution in [-0.2, 0) is 0 Å². The number of anilines is 1. The molecule has 0 saturated carbocycles. The first kappa shape index (κ1) is 22.0. The average Bonchev–Trinajstić information content (AvgIpc) is 2.69. The summed E-state index contributed by atoms with van der Waals surface area (Å²) in [4.78, 5) is 7.13. The van der Waals surface area contributed by atoms with Gasteiger partial charge in [0.15, 0.2) is 17.1 Å². The van der Waals surface area contributed by atoms with Crippen LogP contribution in [0.5, 0.6) is 5.75 Å². The number of aromatic nitrogens is 1. The Morgan fingerprint density at radius 2 is 1.71 bits per heavy atom. The predicted octanol–water partition coefficient (Wildman–Crippen LogP) is 0.994. The van der Waals surface area contributed by atoms with E-state index in [2.05, 4.69) is 61.4 Å². The van der Waals surface area contributed by atoms with Gasteiger partial charge >= 0.3 is 0 Å². The van der Waals surface area contributed by atoms with Crippen LogP contribution >= 0.6 is 0 Å². The van der Waals surface area contributed by atoms with E-state index in [1.54, 1.807) is 0 Å². The Morgan fingerprint density at radius 3 is 2.32 bits per heavy atom. The van der Waals surface area contributed by atoms with Crippen LogP contribution < -0.4 is 32.0 Å². The van der Waals surface area contributed by atoms with Gasteiger partial charge in [0.05, 0.1) is 12.7 Å². The van der Waals surface area contributed by atoms with Crippen molar-refractivity contribution in [2.45, 2.75) is 34.6 Å². The number of rotatable bonds is 7. The summed E-state index contributed by atoms with van der Waals surface area (Å²) in [6.07, 6.45) is 0. The van der Waals surface area contributed by atoms with Crippen LogP contribution in [0.2, 0.25) is 0 Å². The summed E-state index contributed by atoms with van der Waals surface area (Å²) in [5.74, 6) is 1.57. The van der Waals surface area contributed by atoms with E-state index in [1.165, 1.54) is 0 Å². The van der Waals surface area contributed by atoms with Crippen LogP contribution in [0.3, 0.4) is 0 Å². The van der Waals surface area contributed by atoms with Gasteiger partial charge in [-0.1, -0.05) is 0 Å².